The Bertz CT molecular complexity index is 3400. The fraction of sp³-hybridized carbons (Fsp3) is 0. The van der Waals surface area contributed by atoms with Crippen LogP contribution in [0.3, 0.4) is 0 Å². The van der Waals surface area contributed by atoms with E-state index in [1.807, 2.05) is 0 Å². The average Bonchev–Trinajstić information content (AvgIpc) is 3.34. The van der Waals surface area contributed by atoms with Crippen LogP contribution in [0.1, 0.15) is 0 Å². The van der Waals surface area contributed by atoms with Crippen molar-refractivity contribution in [1.29, 1.82) is 0 Å². The normalized spacial score (nSPS) is 11.5. The number of rotatable bonds is 7. The van der Waals surface area contributed by atoms with Crippen molar-refractivity contribution in [2.24, 2.45) is 0 Å². The number of hydrogen-bond donors (Lipinski definition) is 0. The summed E-state index contributed by atoms with van der Waals surface area (Å²) in [5, 5.41) is 14.8. The van der Waals surface area contributed by atoms with Gasteiger partial charge in [-0.1, -0.05) is 182 Å². The third-order valence-electron chi connectivity index (χ3n) is 12.5. The highest BCUT2D eigenvalue weighted by molar-refractivity contribution is 6.16. The smallest absolute Gasteiger partial charge is 0.0546 e. The Kier molecular flexibility index (Phi) is 8.53. The van der Waals surface area contributed by atoms with Gasteiger partial charge in [0.15, 0.2) is 0 Å². The monoisotopic (exact) mass is 788 g/mol. The summed E-state index contributed by atoms with van der Waals surface area (Å²) in [5.41, 5.74) is 9.08. The minimum Gasteiger partial charge on any atom is -0.310 e. The maximum atomic E-state index is 2.42. The topological polar surface area (TPSA) is 6.48 Å². The molecule has 12 aromatic carbocycles. The summed E-state index contributed by atoms with van der Waals surface area (Å²) in [6.07, 6.45) is 0. The SMILES string of the molecule is c1ccc2cc(N(c3ccc(-c4ccc(N(c5ccc6ccccc6c5)c5cc6ccccc6c6ccccc56)cc4)cc3)c3cc4ccccc4c4ccccc34)ccc2c1. The van der Waals surface area contributed by atoms with Crippen molar-refractivity contribution in [2.75, 3.05) is 9.80 Å². The molecule has 0 aromatic heterocycles. The Labute approximate surface area is 360 Å². The molecule has 62 heavy (non-hydrogen) atoms. The van der Waals surface area contributed by atoms with Crippen molar-refractivity contribution < 1.29 is 0 Å². The zero-order valence-corrected chi connectivity index (χ0v) is 34.0. The number of fused-ring (bicyclic) bond motifs is 8. The molecule has 0 saturated carbocycles. The Morgan fingerprint density at radius 3 is 0.903 bits per heavy atom. The van der Waals surface area contributed by atoms with Gasteiger partial charge in [0.1, 0.15) is 0 Å². The van der Waals surface area contributed by atoms with E-state index in [9.17, 15) is 0 Å². The van der Waals surface area contributed by atoms with Crippen LogP contribution in [0.2, 0.25) is 0 Å². The average molecular weight is 789 g/mol. The number of benzene rings is 12. The molecule has 0 heterocycles. The second-order valence-corrected chi connectivity index (χ2v) is 16.2. The highest BCUT2D eigenvalue weighted by Crippen LogP contribution is 2.45. The molecule has 0 aliphatic carbocycles. The molecule has 0 spiro atoms. The minimum absolute atomic E-state index is 1.10. The minimum atomic E-state index is 1.10. The maximum Gasteiger partial charge on any atom is 0.0546 e. The molecule has 0 unspecified atom stereocenters. The first-order valence-electron chi connectivity index (χ1n) is 21.3. The van der Waals surface area contributed by atoms with E-state index in [4.69, 9.17) is 0 Å². The molecule has 12 rings (SSSR count). The van der Waals surface area contributed by atoms with Gasteiger partial charge in [0, 0.05) is 33.5 Å². The predicted molar refractivity (Wildman–Crippen MR) is 266 cm³/mol. The van der Waals surface area contributed by atoms with E-state index in [1.54, 1.807) is 0 Å². The van der Waals surface area contributed by atoms with Crippen LogP contribution in [-0.2, 0) is 0 Å². The third-order valence-corrected chi connectivity index (χ3v) is 12.5. The molecule has 0 aliphatic rings. The lowest BCUT2D eigenvalue weighted by atomic mass is 9.98. The molecule has 12 aromatic rings. The van der Waals surface area contributed by atoms with Crippen molar-refractivity contribution in [3.05, 3.63) is 243 Å². The Morgan fingerprint density at radius 2 is 0.500 bits per heavy atom. The molecule has 0 aliphatic heterocycles. The first-order chi connectivity index (χ1) is 30.7. The summed E-state index contributed by atoms with van der Waals surface area (Å²) in [7, 11) is 0. The highest BCUT2D eigenvalue weighted by atomic mass is 15.1. The first-order valence-corrected chi connectivity index (χ1v) is 21.3. The van der Waals surface area contributed by atoms with Crippen molar-refractivity contribution in [2.45, 2.75) is 0 Å². The molecule has 2 nitrogen and oxygen atoms in total. The molecular formula is C60H40N2. The van der Waals surface area contributed by atoms with Crippen LogP contribution in [0, 0.1) is 0 Å². The fourth-order valence-corrected chi connectivity index (χ4v) is 9.53. The van der Waals surface area contributed by atoms with Gasteiger partial charge in [0.05, 0.1) is 11.4 Å². The van der Waals surface area contributed by atoms with Gasteiger partial charge < -0.3 is 9.80 Å². The molecule has 0 radical (unpaired) electrons. The van der Waals surface area contributed by atoms with E-state index in [1.165, 1.54) is 64.6 Å². The van der Waals surface area contributed by atoms with Gasteiger partial charge in [0.25, 0.3) is 0 Å². The van der Waals surface area contributed by atoms with Crippen LogP contribution in [0.25, 0.3) is 75.8 Å². The lowest BCUT2D eigenvalue weighted by Crippen LogP contribution is -2.11. The maximum absolute atomic E-state index is 2.42. The summed E-state index contributed by atoms with van der Waals surface area (Å²) >= 11 is 0. The molecule has 2 heteroatoms. The summed E-state index contributed by atoms with van der Waals surface area (Å²) < 4.78 is 0. The van der Waals surface area contributed by atoms with Crippen LogP contribution < -0.4 is 9.80 Å². The highest BCUT2D eigenvalue weighted by Gasteiger charge is 2.20. The molecule has 0 N–H and O–H groups in total. The van der Waals surface area contributed by atoms with Crippen molar-refractivity contribution >= 4 is 98.8 Å². The van der Waals surface area contributed by atoms with Gasteiger partial charge in [-0.05, 0) is 126 Å². The lowest BCUT2D eigenvalue weighted by Gasteiger charge is -2.28. The van der Waals surface area contributed by atoms with E-state index < -0.39 is 0 Å². The van der Waals surface area contributed by atoms with Crippen molar-refractivity contribution in [3.8, 4) is 11.1 Å². The molecule has 290 valence electrons. The lowest BCUT2D eigenvalue weighted by molar-refractivity contribution is 1.30. The van der Waals surface area contributed by atoms with Gasteiger partial charge in [-0.25, -0.2) is 0 Å². The van der Waals surface area contributed by atoms with Crippen molar-refractivity contribution in [3.63, 3.8) is 0 Å². The number of anilines is 6. The van der Waals surface area contributed by atoms with Crippen LogP contribution in [-0.4, -0.2) is 0 Å². The summed E-state index contributed by atoms with van der Waals surface area (Å²) in [6, 6.07) is 88.6. The second kappa shape index (κ2) is 14.8. The van der Waals surface area contributed by atoms with E-state index in [-0.39, 0.29) is 0 Å². The van der Waals surface area contributed by atoms with Crippen LogP contribution in [0.15, 0.2) is 243 Å². The van der Waals surface area contributed by atoms with Crippen LogP contribution >= 0.6 is 0 Å². The summed E-state index contributed by atoms with van der Waals surface area (Å²) in [6.45, 7) is 0. The van der Waals surface area contributed by atoms with Crippen molar-refractivity contribution in [1.82, 2.24) is 0 Å². The third kappa shape index (κ3) is 6.12. The molecule has 0 amide bonds. The Hall–Kier alpha value is -8.20. The second-order valence-electron chi connectivity index (χ2n) is 16.2. The predicted octanol–water partition coefficient (Wildman–Crippen LogP) is 17.2. The zero-order chi connectivity index (χ0) is 41.0. The van der Waals surface area contributed by atoms with Gasteiger partial charge in [-0.3, -0.25) is 0 Å². The fourth-order valence-electron chi connectivity index (χ4n) is 9.53. The quantitative estimate of drug-likeness (QED) is 0.148. The van der Waals surface area contributed by atoms with Gasteiger partial charge >= 0.3 is 0 Å². The van der Waals surface area contributed by atoms with Crippen LogP contribution in [0.5, 0.6) is 0 Å². The Balaban J connectivity index is 0.970. The molecule has 0 bridgehead atoms. The van der Waals surface area contributed by atoms with Gasteiger partial charge in [-0.2, -0.15) is 0 Å². The number of nitrogens with zero attached hydrogens (tertiary/aromatic N) is 2. The zero-order valence-electron chi connectivity index (χ0n) is 34.0. The van der Waals surface area contributed by atoms with E-state index in [2.05, 4.69) is 252 Å². The first kappa shape index (κ1) is 35.7. The largest absolute Gasteiger partial charge is 0.310 e. The standard InChI is InChI=1S/C60H40N2/c1-3-15-45-37-51(35-29-41(45)13-1)61(59-39-47-17-5-7-19-53(47)55-21-9-11-23-57(55)59)49-31-25-43(26-32-49)44-27-33-50(34-28-44)62(52-36-30-42-14-2-4-16-46(42)38-52)60-40-48-18-6-8-20-54(48)56-22-10-12-24-58(56)60/h1-40H. The summed E-state index contributed by atoms with van der Waals surface area (Å²) in [5.74, 6) is 0. The molecule has 0 saturated heterocycles. The van der Waals surface area contributed by atoms with E-state index >= 15 is 0 Å². The summed E-state index contributed by atoms with van der Waals surface area (Å²) in [4.78, 5) is 4.84. The van der Waals surface area contributed by atoms with Gasteiger partial charge in [0.2, 0.25) is 0 Å². The van der Waals surface area contributed by atoms with Gasteiger partial charge in [-0.15, -0.1) is 0 Å². The van der Waals surface area contributed by atoms with E-state index in [0.29, 0.717) is 0 Å². The number of hydrogen-bond acceptors (Lipinski definition) is 2. The van der Waals surface area contributed by atoms with E-state index in [0.717, 1.165) is 45.3 Å². The molecule has 0 fully saturated rings. The Morgan fingerprint density at radius 1 is 0.194 bits per heavy atom. The molecular weight excluding hydrogens is 749 g/mol. The molecule has 0 atom stereocenters. The van der Waals surface area contributed by atoms with Crippen LogP contribution in [0.4, 0.5) is 34.1 Å².